The largest absolute Gasteiger partial charge is 0.394 e. The second-order valence-electron chi connectivity index (χ2n) is 4.75. The van der Waals surface area contributed by atoms with Gasteiger partial charge in [-0.3, -0.25) is 0 Å². The minimum absolute atomic E-state index is 0.219. The average Bonchev–Trinajstić information content (AvgIpc) is 2.41. The van der Waals surface area contributed by atoms with E-state index in [2.05, 4.69) is 5.32 Å². The molecule has 2 N–H and O–H groups in total. The van der Waals surface area contributed by atoms with Crippen LogP contribution in [0, 0.1) is 5.82 Å². The molecule has 0 aromatic heterocycles. The van der Waals surface area contributed by atoms with Crippen molar-refractivity contribution in [3.8, 4) is 0 Å². The number of aliphatic hydroxyl groups excluding tert-OH is 1. The van der Waals surface area contributed by atoms with Crippen molar-refractivity contribution in [2.45, 2.75) is 12.5 Å². The van der Waals surface area contributed by atoms with E-state index in [4.69, 9.17) is 23.2 Å². The maximum absolute atomic E-state index is 13.2. The Morgan fingerprint density at radius 1 is 1.20 bits per heavy atom. The van der Waals surface area contributed by atoms with Crippen LogP contribution in [0.2, 0.25) is 10.0 Å². The van der Waals surface area contributed by atoms with Gasteiger partial charge in [-0.25, -0.2) is 4.39 Å². The Kier molecular flexibility index (Phi) is 4.53. The molecule has 0 bridgehead atoms. The Bertz CT molecular complexity index is 621. The molecule has 0 radical (unpaired) electrons. The summed E-state index contributed by atoms with van der Waals surface area (Å²) in [5.41, 5.74) is 0.339. The van der Waals surface area contributed by atoms with Crippen molar-refractivity contribution in [3.63, 3.8) is 0 Å². The first-order valence-electron chi connectivity index (χ1n) is 6.05. The molecule has 0 fully saturated rings. The molecule has 106 valence electrons. The molecule has 0 amide bonds. The highest BCUT2D eigenvalue weighted by molar-refractivity contribution is 6.33. The molecule has 1 atom stereocenters. The molecule has 0 aliphatic heterocycles. The lowest BCUT2D eigenvalue weighted by atomic mass is 9.92. The van der Waals surface area contributed by atoms with Gasteiger partial charge in [0, 0.05) is 15.7 Å². The Labute approximate surface area is 127 Å². The predicted octanol–water partition coefficient (Wildman–Crippen LogP) is 4.45. The van der Waals surface area contributed by atoms with Crippen LogP contribution in [0.4, 0.5) is 10.1 Å². The molecule has 0 aliphatic rings. The molecule has 20 heavy (non-hydrogen) atoms. The second kappa shape index (κ2) is 6.00. The molecule has 2 nitrogen and oxygen atoms in total. The van der Waals surface area contributed by atoms with Gasteiger partial charge in [-0.15, -0.1) is 0 Å². The van der Waals surface area contributed by atoms with Crippen LogP contribution >= 0.6 is 23.2 Å². The van der Waals surface area contributed by atoms with Crippen LogP contribution in [0.15, 0.2) is 42.5 Å². The summed E-state index contributed by atoms with van der Waals surface area (Å²) in [4.78, 5) is 0. The standard InChI is InChI=1S/C15H14Cl2FNO/c1-15(9-20,13-7-10(16)5-6-14(13)17)19-12-4-2-3-11(18)8-12/h2-8,19-20H,9H2,1H3. The number of hydrogen-bond donors (Lipinski definition) is 2. The number of benzene rings is 2. The summed E-state index contributed by atoms with van der Waals surface area (Å²) in [5.74, 6) is -0.354. The summed E-state index contributed by atoms with van der Waals surface area (Å²) in [6.07, 6.45) is 0. The van der Waals surface area contributed by atoms with Crippen LogP contribution in [0.25, 0.3) is 0 Å². The topological polar surface area (TPSA) is 32.3 Å². The molecule has 0 saturated heterocycles. The quantitative estimate of drug-likeness (QED) is 0.874. The number of nitrogens with one attached hydrogen (secondary N) is 1. The fraction of sp³-hybridized carbons (Fsp3) is 0.200. The third-order valence-corrected chi connectivity index (χ3v) is 3.65. The van der Waals surface area contributed by atoms with E-state index in [9.17, 15) is 9.50 Å². The SMILES string of the molecule is CC(CO)(Nc1cccc(F)c1)c1cc(Cl)ccc1Cl. The maximum Gasteiger partial charge on any atom is 0.125 e. The van der Waals surface area contributed by atoms with Gasteiger partial charge in [0.15, 0.2) is 0 Å². The van der Waals surface area contributed by atoms with Crippen molar-refractivity contribution < 1.29 is 9.50 Å². The number of hydrogen-bond acceptors (Lipinski definition) is 2. The Morgan fingerprint density at radius 2 is 1.95 bits per heavy atom. The third-order valence-electron chi connectivity index (χ3n) is 3.08. The molecule has 0 spiro atoms. The fourth-order valence-electron chi connectivity index (χ4n) is 2.00. The number of rotatable bonds is 4. The molecule has 0 saturated carbocycles. The van der Waals surface area contributed by atoms with Gasteiger partial charge in [-0.05, 0) is 48.9 Å². The van der Waals surface area contributed by atoms with Crippen LogP contribution in [-0.2, 0) is 5.54 Å². The van der Waals surface area contributed by atoms with Gasteiger partial charge < -0.3 is 10.4 Å². The second-order valence-corrected chi connectivity index (χ2v) is 5.59. The third kappa shape index (κ3) is 3.23. The summed E-state index contributed by atoms with van der Waals surface area (Å²) < 4.78 is 13.2. The van der Waals surface area contributed by atoms with E-state index in [-0.39, 0.29) is 12.4 Å². The molecule has 2 aromatic carbocycles. The van der Waals surface area contributed by atoms with Gasteiger partial charge in [0.2, 0.25) is 0 Å². The summed E-state index contributed by atoms with van der Waals surface area (Å²) in [6.45, 7) is 1.55. The monoisotopic (exact) mass is 313 g/mol. The minimum Gasteiger partial charge on any atom is -0.394 e. The van der Waals surface area contributed by atoms with E-state index in [1.807, 2.05) is 0 Å². The first-order chi connectivity index (χ1) is 9.44. The predicted molar refractivity (Wildman–Crippen MR) is 80.9 cm³/mol. The zero-order chi connectivity index (χ0) is 14.8. The highest BCUT2D eigenvalue weighted by Crippen LogP contribution is 2.33. The van der Waals surface area contributed by atoms with Crippen molar-refractivity contribution in [1.82, 2.24) is 0 Å². The van der Waals surface area contributed by atoms with E-state index in [1.165, 1.54) is 12.1 Å². The van der Waals surface area contributed by atoms with Crippen LogP contribution in [0.3, 0.4) is 0 Å². The van der Waals surface area contributed by atoms with Crippen LogP contribution in [-0.4, -0.2) is 11.7 Å². The first-order valence-corrected chi connectivity index (χ1v) is 6.80. The number of anilines is 1. The molecule has 0 heterocycles. The van der Waals surface area contributed by atoms with Crippen molar-refractivity contribution >= 4 is 28.9 Å². The molecule has 0 aliphatic carbocycles. The molecule has 5 heteroatoms. The van der Waals surface area contributed by atoms with Crippen molar-refractivity contribution in [1.29, 1.82) is 0 Å². The zero-order valence-electron chi connectivity index (χ0n) is 10.8. The maximum atomic E-state index is 13.2. The number of aliphatic hydroxyl groups is 1. The van der Waals surface area contributed by atoms with E-state index in [0.29, 0.717) is 21.3 Å². The average molecular weight is 314 g/mol. The highest BCUT2D eigenvalue weighted by atomic mass is 35.5. The Morgan fingerprint density at radius 3 is 2.60 bits per heavy atom. The van der Waals surface area contributed by atoms with Crippen LogP contribution < -0.4 is 5.32 Å². The van der Waals surface area contributed by atoms with Crippen molar-refractivity contribution in [3.05, 3.63) is 63.9 Å². The molecular formula is C15H14Cl2FNO. The fourth-order valence-corrected chi connectivity index (χ4v) is 2.50. The van der Waals surface area contributed by atoms with Gasteiger partial charge >= 0.3 is 0 Å². The van der Waals surface area contributed by atoms with E-state index < -0.39 is 5.54 Å². The normalized spacial score (nSPS) is 13.8. The molecule has 1 unspecified atom stereocenters. The lowest BCUT2D eigenvalue weighted by Crippen LogP contribution is -2.36. The van der Waals surface area contributed by atoms with Crippen molar-refractivity contribution in [2.75, 3.05) is 11.9 Å². The minimum atomic E-state index is -0.865. The van der Waals surface area contributed by atoms with Crippen LogP contribution in [0.5, 0.6) is 0 Å². The highest BCUT2D eigenvalue weighted by Gasteiger charge is 2.28. The van der Waals surface area contributed by atoms with E-state index in [0.717, 1.165) is 0 Å². The number of halogens is 3. The van der Waals surface area contributed by atoms with Gasteiger partial charge in [-0.1, -0.05) is 29.3 Å². The molecule has 2 rings (SSSR count). The first kappa shape index (κ1) is 15.1. The van der Waals surface area contributed by atoms with Crippen molar-refractivity contribution in [2.24, 2.45) is 0 Å². The summed E-state index contributed by atoms with van der Waals surface area (Å²) in [7, 11) is 0. The lowest BCUT2D eigenvalue weighted by Gasteiger charge is -2.31. The molecular weight excluding hydrogens is 300 g/mol. The van der Waals surface area contributed by atoms with Gasteiger partial charge in [0.05, 0.1) is 12.1 Å². The summed E-state index contributed by atoms with van der Waals surface area (Å²) >= 11 is 12.2. The van der Waals surface area contributed by atoms with Gasteiger partial charge in [0.25, 0.3) is 0 Å². The van der Waals surface area contributed by atoms with Gasteiger partial charge in [0.1, 0.15) is 5.82 Å². The zero-order valence-corrected chi connectivity index (χ0v) is 12.3. The summed E-state index contributed by atoms with van der Waals surface area (Å²) in [6, 6.07) is 11.0. The Hall–Kier alpha value is -1.29. The van der Waals surface area contributed by atoms with Gasteiger partial charge in [-0.2, -0.15) is 0 Å². The van der Waals surface area contributed by atoms with E-state index >= 15 is 0 Å². The smallest absolute Gasteiger partial charge is 0.125 e. The lowest BCUT2D eigenvalue weighted by molar-refractivity contribution is 0.224. The van der Waals surface area contributed by atoms with Crippen LogP contribution in [0.1, 0.15) is 12.5 Å². The molecule has 2 aromatic rings. The summed E-state index contributed by atoms with van der Waals surface area (Å²) in [5, 5.41) is 13.8. The Balaban J connectivity index is 2.40. The van der Waals surface area contributed by atoms with E-state index in [1.54, 1.807) is 37.3 Å².